The van der Waals surface area contributed by atoms with Crippen LogP contribution in [0.4, 0.5) is 5.69 Å². The lowest BCUT2D eigenvalue weighted by Crippen LogP contribution is -2.31. The molecule has 1 aromatic heterocycles. The smallest absolute Gasteiger partial charge is 0.258 e. The van der Waals surface area contributed by atoms with Gasteiger partial charge in [0.15, 0.2) is 0 Å². The minimum Gasteiger partial charge on any atom is -0.497 e. The third kappa shape index (κ3) is 5.22. The number of anilines is 1. The van der Waals surface area contributed by atoms with Crippen molar-refractivity contribution >= 4 is 23.4 Å². The second-order valence-electron chi connectivity index (χ2n) is 6.29. The van der Waals surface area contributed by atoms with Crippen molar-refractivity contribution in [2.24, 2.45) is 0 Å². The quantitative estimate of drug-likeness (QED) is 0.748. The van der Waals surface area contributed by atoms with Gasteiger partial charge >= 0.3 is 0 Å². The topological polar surface area (TPSA) is 54.5 Å². The Balaban J connectivity index is 1.58. The van der Waals surface area contributed by atoms with E-state index in [1.807, 2.05) is 30.3 Å². The van der Waals surface area contributed by atoms with E-state index in [4.69, 9.17) is 4.74 Å². The van der Waals surface area contributed by atoms with Crippen LogP contribution in [-0.2, 0) is 0 Å². The minimum atomic E-state index is -0.135. The van der Waals surface area contributed by atoms with E-state index in [1.165, 1.54) is 32.4 Å². The molecule has 1 aromatic carbocycles. The summed E-state index contributed by atoms with van der Waals surface area (Å²) in [4.78, 5) is 19.6. The average Bonchev–Trinajstić information content (AvgIpc) is 2.70. The molecular formula is C20H25N3O2S. The predicted octanol–water partition coefficient (Wildman–Crippen LogP) is 3.92. The van der Waals surface area contributed by atoms with Crippen LogP contribution < -0.4 is 10.1 Å². The maximum Gasteiger partial charge on any atom is 0.258 e. The number of carbonyl (C=O) groups is 1. The average molecular weight is 372 g/mol. The first-order valence-corrected chi connectivity index (χ1v) is 10.0. The van der Waals surface area contributed by atoms with E-state index in [9.17, 15) is 4.79 Å². The summed E-state index contributed by atoms with van der Waals surface area (Å²) in [6.07, 6.45) is 5.68. The molecule has 1 aliphatic rings. The van der Waals surface area contributed by atoms with Crippen molar-refractivity contribution < 1.29 is 9.53 Å². The number of pyridine rings is 1. The molecule has 3 rings (SSSR count). The summed E-state index contributed by atoms with van der Waals surface area (Å²) in [6, 6.07) is 10.9. The number of benzene rings is 1. The van der Waals surface area contributed by atoms with Crippen molar-refractivity contribution in [3.05, 3.63) is 48.2 Å². The standard InChI is InChI=1S/C20H25N3O2S/c1-25-17-9-7-16(8-10-17)22-19(24)18-6-5-11-21-20(18)26-15-14-23-12-3-2-4-13-23/h5-11H,2-4,12-15H2,1H3,(H,22,24). The molecule has 5 nitrogen and oxygen atoms in total. The summed E-state index contributed by atoms with van der Waals surface area (Å²) in [5.74, 6) is 1.57. The third-order valence-electron chi connectivity index (χ3n) is 4.46. The molecule has 1 fully saturated rings. The Morgan fingerprint density at radius 2 is 1.96 bits per heavy atom. The van der Waals surface area contributed by atoms with Crippen molar-refractivity contribution in [3.63, 3.8) is 0 Å². The Hall–Kier alpha value is -2.05. The Morgan fingerprint density at radius 3 is 2.69 bits per heavy atom. The van der Waals surface area contributed by atoms with Crippen molar-refractivity contribution in [1.82, 2.24) is 9.88 Å². The van der Waals surface area contributed by atoms with Crippen molar-refractivity contribution in [2.45, 2.75) is 24.3 Å². The molecule has 1 aliphatic heterocycles. The molecule has 0 radical (unpaired) electrons. The lowest BCUT2D eigenvalue weighted by molar-refractivity contribution is 0.102. The lowest BCUT2D eigenvalue weighted by atomic mass is 10.1. The number of carbonyl (C=O) groups excluding carboxylic acids is 1. The van der Waals surface area contributed by atoms with E-state index in [0.717, 1.165) is 28.8 Å². The maximum absolute atomic E-state index is 12.6. The van der Waals surface area contributed by atoms with Crippen LogP contribution in [0.1, 0.15) is 29.6 Å². The number of aromatic nitrogens is 1. The molecule has 0 bridgehead atoms. The predicted molar refractivity (Wildman–Crippen MR) is 106 cm³/mol. The van der Waals surface area contributed by atoms with Crippen molar-refractivity contribution in [3.8, 4) is 5.75 Å². The van der Waals surface area contributed by atoms with Gasteiger partial charge in [0, 0.05) is 24.2 Å². The van der Waals surface area contributed by atoms with Crippen molar-refractivity contribution in [1.29, 1.82) is 0 Å². The SMILES string of the molecule is COc1ccc(NC(=O)c2cccnc2SCCN2CCCCC2)cc1. The van der Waals surface area contributed by atoms with Gasteiger partial charge in [-0.15, -0.1) is 11.8 Å². The first kappa shape index (κ1) is 18.7. The Bertz CT molecular complexity index is 715. The Kier molecular flexibility index (Phi) is 6.91. The highest BCUT2D eigenvalue weighted by Crippen LogP contribution is 2.22. The second kappa shape index (κ2) is 9.59. The molecule has 0 unspecified atom stereocenters. The summed E-state index contributed by atoms with van der Waals surface area (Å²) < 4.78 is 5.14. The van der Waals surface area contributed by atoms with Gasteiger partial charge in [0.25, 0.3) is 5.91 Å². The molecule has 0 atom stereocenters. The van der Waals surface area contributed by atoms with Crippen LogP contribution in [0.5, 0.6) is 5.75 Å². The summed E-state index contributed by atoms with van der Waals surface area (Å²) in [7, 11) is 1.62. The number of piperidine rings is 1. The number of nitrogens with one attached hydrogen (secondary N) is 1. The summed E-state index contributed by atoms with van der Waals surface area (Å²) in [6.45, 7) is 3.42. The van der Waals surface area contributed by atoms with Crippen LogP contribution in [0.25, 0.3) is 0 Å². The molecule has 0 saturated carbocycles. The zero-order valence-corrected chi connectivity index (χ0v) is 15.9. The number of hydrogen-bond acceptors (Lipinski definition) is 5. The van der Waals surface area contributed by atoms with Crippen LogP contribution >= 0.6 is 11.8 Å². The second-order valence-corrected chi connectivity index (χ2v) is 7.37. The molecule has 1 saturated heterocycles. The monoisotopic (exact) mass is 371 g/mol. The molecule has 0 aliphatic carbocycles. The van der Waals surface area contributed by atoms with E-state index in [0.29, 0.717) is 5.56 Å². The molecule has 6 heteroatoms. The van der Waals surface area contributed by atoms with Crippen LogP contribution in [0.3, 0.4) is 0 Å². The normalized spacial score (nSPS) is 14.8. The van der Waals surface area contributed by atoms with Crippen LogP contribution in [-0.4, -0.2) is 48.3 Å². The number of likely N-dealkylation sites (tertiary alicyclic amines) is 1. The van der Waals surface area contributed by atoms with Gasteiger partial charge in [-0.05, 0) is 62.3 Å². The van der Waals surface area contributed by atoms with Crippen molar-refractivity contribution in [2.75, 3.05) is 37.8 Å². The highest BCUT2D eigenvalue weighted by molar-refractivity contribution is 7.99. The van der Waals surface area contributed by atoms with E-state index in [-0.39, 0.29) is 5.91 Å². The fourth-order valence-corrected chi connectivity index (χ4v) is 4.00. The van der Waals surface area contributed by atoms with Gasteiger partial charge in [0.2, 0.25) is 0 Å². The van der Waals surface area contributed by atoms with Gasteiger partial charge in [0.05, 0.1) is 12.7 Å². The number of methoxy groups -OCH3 is 1. The zero-order chi connectivity index (χ0) is 18.2. The first-order valence-electron chi connectivity index (χ1n) is 9.02. The third-order valence-corrected chi connectivity index (χ3v) is 5.44. The molecule has 0 spiro atoms. The summed E-state index contributed by atoms with van der Waals surface area (Å²) in [5, 5.41) is 3.72. The molecule has 2 heterocycles. The summed E-state index contributed by atoms with van der Waals surface area (Å²) >= 11 is 1.65. The molecular weight excluding hydrogens is 346 g/mol. The van der Waals surface area contributed by atoms with Crippen LogP contribution in [0.15, 0.2) is 47.6 Å². The molecule has 1 amide bonds. The van der Waals surface area contributed by atoms with Gasteiger partial charge in [-0.3, -0.25) is 4.79 Å². The van der Waals surface area contributed by atoms with E-state index >= 15 is 0 Å². The molecule has 138 valence electrons. The number of thioether (sulfide) groups is 1. The molecule has 1 N–H and O–H groups in total. The van der Waals surface area contributed by atoms with Gasteiger partial charge in [0.1, 0.15) is 10.8 Å². The fourth-order valence-electron chi connectivity index (χ4n) is 3.01. The first-order chi connectivity index (χ1) is 12.8. The fraction of sp³-hybridized carbons (Fsp3) is 0.400. The van der Waals surface area contributed by atoms with Gasteiger partial charge in [-0.1, -0.05) is 6.42 Å². The zero-order valence-electron chi connectivity index (χ0n) is 15.1. The van der Waals surface area contributed by atoms with E-state index in [1.54, 1.807) is 31.1 Å². The van der Waals surface area contributed by atoms with Gasteiger partial charge in [-0.2, -0.15) is 0 Å². The number of amides is 1. The number of hydrogen-bond donors (Lipinski definition) is 1. The molecule has 26 heavy (non-hydrogen) atoms. The van der Waals surface area contributed by atoms with Gasteiger partial charge < -0.3 is 15.0 Å². The Morgan fingerprint density at radius 1 is 1.19 bits per heavy atom. The summed E-state index contributed by atoms with van der Waals surface area (Å²) in [5.41, 5.74) is 1.36. The van der Waals surface area contributed by atoms with Crippen LogP contribution in [0.2, 0.25) is 0 Å². The van der Waals surface area contributed by atoms with E-state index < -0.39 is 0 Å². The van der Waals surface area contributed by atoms with Crippen LogP contribution in [0, 0.1) is 0 Å². The number of nitrogens with zero attached hydrogens (tertiary/aromatic N) is 2. The highest BCUT2D eigenvalue weighted by atomic mass is 32.2. The Labute approximate surface area is 159 Å². The van der Waals surface area contributed by atoms with Gasteiger partial charge in [-0.25, -0.2) is 4.98 Å². The largest absolute Gasteiger partial charge is 0.497 e. The number of rotatable bonds is 7. The maximum atomic E-state index is 12.6. The highest BCUT2D eigenvalue weighted by Gasteiger charge is 2.14. The number of ether oxygens (including phenoxy) is 1. The lowest BCUT2D eigenvalue weighted by Gasteiger charge is -2.26. The molecule has 2 aromatic rings. The van der Waals surface area contributed by atoms with E-state index in [2.05, 4.69) is 15.2 Å². The minimum absolute atomic E-state index is 0.135.